The van der Waals surface area contributed by atoms with Crippen LogP contribution in [0.3, 0.4) is 0 Å². The number of carbonyl (C=O) groups is 2. The normalized spacial score (nSPS) is 37.7. The van der Waals surface area contributed by atoms with Crippen LogP contribution in [-0.2, 0) is 11.3 Å². The summed E-state index contributed by atoms with van der Waals surface area (Å²) in [5.74, 6) is 2.01. The lowest BCUT2D eigenvalue weighted by atomic mass is 9.50. The Labute approximate surface area is 180 Å². The molecule has 1 heterocycles. The van der Waals surface area contributed by atoms with Crippen LogP contribution in [0.5, 0.6) is 0 Å². The maximum Gasteiger partial charge on any atom is 0.321 e. The number of ketones is 1. The molecule has 30 heavy (non-hydrogen) atoms. The minimum absolute atomic E-state index is 0.0465. The van der Waals surface area contributed by atoms with E-state index >= 15 is 0 Å². The molecule has 2 saturated carbocycles. The van der Waals surface area contributed by atoms with E-state index in [0.29, 0.717) is 36.1 Å². The second-order valence-electron chi connectivity index (χ2n) is 10.6. The fourth-order valence-corrected chi connectivity index (χ4v) is 7.36. The first-order valence-electron chi connectivity index (χ1n) is 11.7. The van der Waals surface area contributed by atoms with Crippen LogP contribution in [0.25, 0.3) is 0 Å². The number of carbonyl (C=O) groups excluding carboxylic acids is 2. The van der Waals surface area contributed by atoms with E-state index in [1.165, 1.54) is 32.1 Å². The maximum absolute atomic E-state index is 13.4. The van der Waals surface area contributed by atoms with Crippen LogP contribution in [0.4, 0.5) is 4.79 Å². The number of fused-ring (bicyclic) bond motifs is 5. The number of urea groups is 1. The Kier molecular flexibility index (Phi) is 4.79. The van der Waals surface area contributed by atoms with Crippen LogP contribution in [0, 0.1) is 28.6 Å². The van der Waals surface area contributed by atoms with E-state index in [9.17, 15) is 9.59 Å². The average molecular weight is 407 g/mol. The van der Waals surface area contributed by atoms with Crippen molar-refractivity contribution < 1.29 is 9.59 Å². The van der Waals surface area contributed by atoms with Gasteiger partial charge in [-0.05, 0) is 60.8 Å². The molecule has 1 aromatic carbocycles. The molecule has 160 valence electrons. The summed E-state index contributed by atoms with van der Waals surface area (Å²) in [7, 11) is 0. The molecule has 5 atom stereocenters. The third-order valence-electron chi connectivity index (χ3n) is 9.03. The zero-order chi connectivity index (χ0) is 20.9. The number of nitrogens with one attached hydrogen (secondary N) is 1. The van der Waals surface area contributed by atoms with E-state index in [4.69, 9.17) is 0 Å². The Morgan fingerprint density at radius 2 is 1.90 bits per heavy atom. The molecule has 1 aromatic rings. The molecular weight excluding hydrogens is 372 g/mol. The standard InChI is InChI=1S/C26H34N2O2/c1-25-12-6-9-21(25)20-17-28(24(30)27-16-18-7-4-3-5-8-18)23-15-19(29)10-14-26(23,2)22(20)11-13-25/h3-5,7-8,15,20-22H,6,9-14,16-17H2,1-2H3,(H,27,30)/t20-,21-,22-,25-,26+/m0/s1. The molecule has 4 heteroatoms. The molecule has 0 bridgehead atoms. The lowest BCUT2D eigenvalue weighted by Crippen LogP contribution is -2.59. The molecule has 0 spiro atoms. The topological polar surface area (TPSA) is 49.4 Å². The Bertz CT molecular complexity index is 878. The van der Waals surface area contributed by atoms with Gasteiger partial charge >= 0.3 is 6.03 Å². The zero-order valence-corrected chi connectivity index (χ0v) is 18.3. The molecule has 1 aliphatic heterocycles. The minimum atomic E-state index is -0.0646. The number of nitrogens with zero attached hydrogens (tertiary/aromatic N) is 1. The molecule has 4 aliphatic rings. The number of benzene rings is 1. The first-order valence-corrected chi connectivity index (χ1v) is 11.7. The summed E-state index contributed by atoms with van der Waals surface area (Å²) in [4.78, 5) is 27.7. The van der Waals surface area contributed by atoms with Gasteiger partial charge in [0, 0.05) is 36.7 Å². The summed E-state index contributed by atoms with van der Waals surface area (Å²) >= 11 is 0. The lowest BCUT2D eigenvalue weighted by molar-refractivity contribution is -0.118. The van der Waals surface area contributed by atoms with Crippen molar-refractivity contribution in [3.63, 3.8) is 0 Å². The van der Waals surface area contributed by atoms with Gasteiger partial charge in [-0.3, -0.25) is 9.69 Å². The molecular formula is C26H34N2O2. The largest absolute Gasteiger partial charge is 0.334 e. The molecule has 3 aliphatic carbocycles. The van der Waals surface area contributed by atoms with Gasteiger partial charge in [-0.25, -0.2) is 4.79 Å². The van der Waals surface area contributed by atoms with Crippen LogP contribution in [-0.4, -0.2) is 23.3 Å². The second kappa shape index (κ2) is 7.25. The molecule has 0 unspecified atom stereocenters. The molecule has 5 rings (SSSR count). The maximum atomic E-state index is 13.4. The predicted octanol–water partition coefficient (Wildman–Crippen LogP) is 5.30. The Hall–Kier alpha value is -2.10. The van der Waals surface area contributed by atoms with Crippen LogP contribution in [0.1, 0.15) is 64.4 Å². The van der Waals surface area contributed by atoms with Gasteiger partial charge < -0.3 is 5.32 Å². The number of hydrogen-bond acceptors (Lipinski definition) is 2. The molecule has 4 nitrogen and oxygen atoms in total. The van der Waals surface area contributed by atoms with Gasteiger partial charge in [0.1, 0.15) is 0 Å². The SMILES string of the molecule is C[C@@]12CCC[C@H]1[C@@H]1CN(C(=O)NCc3ccccc3)C3=CC(=O)CC[C@]3(C)[C@H]1CC2. The molecule has 1 N–H and O–H groups in total. The van der Waals surface area contributed by atoms with E-state index in [0.717, 1.165) is 24.2 Å². The summed E-state index contributed by atoms with van der Waals surface area (Å²) in [5, 5.41) is 3.13. The number of piperidine rings is 1. The number of allylic oxidation sites excluding steroid dienone is 2. The smallest absolute Gasteiger partial charge is 0.321 e. The first kappa shape index (κ1) is 19.8. The van der Waals surface area contributed by atoms with E-state index in [-0.39, 0.29) is 17.2 Å². The fourth-order valence-electron chi connectivity index (χ4n) is 7.36. The molecule has 3 fully saturated rings. The van der Waals surface area contributed by atoms with Gasteiger partial charge in [-0.2, -0.15) is 0 Å². The number of hydrogen-bond donors (Lipinski definition) is 1. The highest BCUT2D eigenvalue weighted by Crippen LogP contribution is 2.63. The summed E-state index contributed by atoms with van der Waals surface area (Å²) in [6, 6.07) is 10.00. The summed E-state index contributed by atoms with van der Waals surface area (Å²) in [6.07, 6.45) is 9.78. The summed E-state index contributed by atoms with van der Waals surface area (Å²) in [5.41, 5.74) is 2.45. The van der Waals surface area contributed by atoms with Crippen molar-refractivity contribution in [3.05, 3.63) is 47.7 Å². The molecule has 0 aromatic heterocycles. The highest BCUT2D eigenvalue weighted by Gasteiger charge is 2.58. The second-order valence-corrected chi connectivity index (χ2v) is 10.6. The van der Waals surface area contributed by atoms with E-state index in [1.807, 2.05) is 35.2 Å². The molecule has 0 radical (unpaired) electrons. The average Bonchev–Trinajstić information content (AvgIpc) is 3.15. The van der Waals surface area contributed by atoms with Crippen LogP contribution in [0.2, 0.25) is 0 Å². The quantitative estimate of drug-likeness (QED) is 0.725. The summed E-state index contributed by atoms with van der Waals surface area (Å²) in [6.45, 7) is 6.10. The van der Waals surface area contributed by atoms with E-state index in [2.05, 4.69) is 19.2 Å². The fraction of sp³-hybridized carbons (Fsp3) is 0.615. The van der Waals surface area contributed by atoms with Crippen molar-refractivity contribution in [1.29, 1.82) is 0 Å². The van der Waals surface area contributed by atoms with Gasteiger partial charge in [0.15, 0.2) is 5.78 Å². The van der Waals surface area contributed by atoms with E-state index < -0.39 is 0 Å². The lowest BCUT2D eigenvalue weighted by Gasteiger charge is -2.59. The van der Waals surface area contributed by atoms with Gasteiger partial charge in [0.2, 0.25) is 0 Å². The van der Waals surface area contributed by atoms with Crippen molar-refractivity contribution in [2.24, 2.45) is 28.6 Å². The van der Waals surface area contributed by atoms with Crippen molar-refractivity contribution >= 4 is 11.8 Å². The van der Waals surface area contributed by atoms with Crippen LogP contribution >= 0.6 is 0 Å². The number of rotatable bonds is 2. The van der Waals surface area contributed by atoms with Gasteiger partial charge in [0.25, 0.3) is 0 Å². The molecule has 1 saturated heterocycles. The Balaban J connectivity index is 1.45. The van der Waals surface area contributed by atoms with Crippen LogP contribution in [0.15, 0.2) is 42.1 Å². The highest BCUT2D eigenvalue weighted by molar-refractivity contribution is 5.92. The zero-order valence-electron chi connectivity index (χ0n) is 18.3. The third-order valence-corrected chi connectivity index (χ3v) is 9.03. The first-order chi connectivity index (χ1) is 14.4. The summed E-state index contributed by atoms with van der Waals surface area (Å²) < 4.78 is 0. The third kappa shape index (κ3) is 3.11. The number of amides is 2. The Morgan fingerprint density at radius 1 is 1.10 bits per heavy atom. The van der Waals surface area contributed by atoms with Crippen molar-refractivity contribution in [2.75, 3.05) is 6.54 Å². The van der Waals surface area contributed by atoms with Crippen molar-refractivity contribution in [3.8, 4) is 0 Å². The molecule has 2 amide bonds. The van der Waals surface area contributed by atoms with Gasteiger partial charge in [0.05, 0.1) is 0 Å². The monoisotopic (exact) mass is 406 g/mol. The van der Waals surface area contributed by atoms with Crippen LogP contribution < -0.4 is 5.32 Å². The van der Waals surface area contributed by atoms with Crippen molar-refractivity contribution in [1.82, 2.24) is 10.2 Å². The number of likely N-dealkylation sites (tertiary alicyclic amines) is 1. The van der Waals surface area contributed by atoms with E-state index in [1.54, 1.807) is 6.08 Å². The predicted molar refractivity (Wildman–Crippen MR) is 117 cm³/mol. The Morgan fingerprint density at radius 3 is 2.70 bits per heavy atom. The van der Waals surface area contributed by atoms with Gasteiger partial charge in [-0.15, -0.1) is 0 Å². The van der Waals surface area contributed by atoms with Gasteiger partial charge in [-0.1, -0.05) is 50.6 Å². The van der Waals surface area contributed by atoms with Crippen molar-refractivity contribution in [2.45, 2.75) is 65.3 Å². The minimum Gasteiger partial charge on any atom is -0.334 e. The highest BCUT2D eigenvalue weighted by atomic mass is 16.2.